The first kappa shape index (κ1) is 19.7. The molecule has 0 saturated carbocycles. The van der Waals surface area contributed by atoms with Crippen molar-refractivity contribution in [1.82, 2.24) is 9.80 Å². The lowest BCUT2D eigenvalue weighted by Crippen LogP contribution is -2.53. The fourth-order valence-corrected chi connectivity index (χ4v) is 3.44. The number of hydrogen-bond acceptors (Lipinski definition) is 4. The molecule has 2 rings (SSSR count). The second-order valence-electron chi connectivity index (χ2n) is 6.90. The van der Waals surface area contributed by atoms with Gasteiger partial charge >= 0.3 is 5.97 Å². The normalized spacial score (nSPS) is 20.4. The summed E-state index contributed by atoms with van der Waals surface area (Å²) in [6, 6.07) is 7.41. The first-order chi connectivity index (χ1) is 12.1. The molecule has 0 radical (unpaired) electrons. The third-order valence-electron chi connectivity index (χ3n) is 5.09. The minimum Gasteiger partial charge on any atom is -0.494 e. The van der Waals surface area contributed by atoms with Crippen LogP contribution in [0.3, 0.4) is 0 Å². The Balaban J connectivity index is 2.03. The van der Waals surface area contributed by atoms with E-state index >= 15 is 0 Å². The maximum Gasteiger partial charge on any atom is 0.325 e. The molecular formula is C20H32N2O3. The quantitative estimate of drug-likeness (QED) is 0.693. The zero-order chi connectivity index (χ0) is 18.2. The predicted octanol–water partition coefficient (Wildman–Crippen LogP) is 3.41. The van der Waals surface area contributed by atoms with Gasteiger partial charge < -0.3 is 14.7 Å². The molecule has 1 aliphatic rings. The van der Waals surface area contributed by atoms with Gasteiger partial charge in [0.2, 0.25) is 0 Å². The highest BCUT2D eigenvalue weighted by Crippen LogP contribution is 2.26. The van der Waals surface area contributed by atoms with Gasteiger partial charge in [0, 0.05) is 25.7 Å². The van der Waals surface area contributed by atoms with Crippen LogP contribution < -0.4 is 4.74 Å². The van der Waals surface area contributed by atoms with E-state index in [9.17, 15) is 9.90 Å². The number of carboxylic acid groups (broad SMARTS) is 1. The average Bonchev–Trinajstić information content (AvgIpc) is 2.61. The molecule has 1 fully saturated rings. The Morgan fingerprint density at radius 2 is 1.96 bits per heavy atom. The summed E-state index contributed by atoms with van der Waals surface area (Å²) in [6.07, 6.45) is 4.42. The largest absolute Gasteiger partial charge is 0.494 e. The summed E-state index contributed by atoms with van der Waals surface area (Å²) in [7, 11) is 2.12. The van der Waals surface area contributed by atoms with E-state index in [1.807, 2.05) is 24.3 Å². The topological polar surface area (TPSA) is 53.0 Å². The van der Waals surface area contributed by atoms with Gasteiger partial charge in [0.1, 0.15) is 11.8 Å². The van der Waals surface area contributed by atoms with E-state index in [0.717, 1.165) is 43.8 Å². The van der Waals surface area contributed by atoms with Crippen LogP contribution in [0.1, 0.15) is 51.1 Å². The minimum atomic E-state index is -0.781. The number of nitrogens with zero attached hydrogens (tertiary/aromatic N) is 2. The van der Waals surface area contributed by atoms with E-state index in [0.29, 0.717) is 12.6 Å². The summed E-state index contributed by atoms with van der Waals surface area (Å²) < 4.78 is 5.73. The summed E-state index contributed by atoms with van der Waals surface area (Å²) in [5, 5.41) is 9.79. The maximum atomic E-state index is 11.9. The van der Waals surface area contributed by atoms with Gasteiger partial charge in [-0.05, 0) is 37.6 Å². The lowest BCUT2D eigenvalue weighted by Gasteiger charge is -2.41. The molecule has 5 nitrogen and oxygen atoms in total. The predicted molar refractivity (Wildman–Crippen MR) is 100 cm³/mol. The van der Waals surface area contributed by atoms with Crippen molar-refractivity contribution in [3.05, 3.63) is 29.8 Å². The molecule has 1 aliphatic heterocycles. The number of unbranched alkanes of at least 4 members (excludes halogenated alkanes) is 2. The van der Waals surface area contributed by atoms with E-state index < -0.39 is 12.0 Å². The number of aliphatic carboxylic acids is 1. The van der Waals surface area contributed by atoms with E-state index in [1.165, 1.54) is 12.8 Å². The fourth-order valence-electron chi connectivity index (χ4n) is 3.44. The summed E-state index contributed by atoms with van der Waals surface area (Å²) in [5.41, 5.74) is 0.827. The zero-order valence-electron chi connectivity index (χ0n) is 15.8. The van der Waals surface area contributed by atoms with E-state index in [-0.39, 0.29) is 0 Å². The highest BCUT2D eigenvalue weighted by molar-refractivity contribution is 5.75. The smallest absolute Gasteiger partial charge is 0.325 e. The summed E-state index contributed by atoms with van der Waals surface area (Å²) in [6.45, 7) is 7.51. The van der Waals surface area contributed by atoms with Crippen LogP contribution in [0, 0.1) is 0 Å². The Morgan fingerprint density at radius 3 is 2.56 bits per heavy atom. The molecule has 1 heterocycles. The summed E-state index contributed by atoms with van der Waals surface area (Å²) in [4.78, 5) is 16.3. The van der Waals surface area contributed by atoms with Crippen LogP contribution in [0.15, 0.2) is 24.3 Å². The zero-order valence-corrected chi connectivity index (χ0v) is 15.8. The van der Waals surface area contributed by atoms with Gasteiger partial charge in [0.25, 0.3) is 0 Å². The molecule has 1 aromatic rings. The number of likely N-dealkylation sites (N-methyl/N-ethyl adjacent to an activating group) is 1. The molecule has 2 atom stereocenters. The molecule has 1 saturated heterocycles. The van der Waals surface area contributed by atoms with E-state index in [4.69, 9.17) is 4.74 Å². The third-order valence-corrected chi connectivity index (χ3v) is 5.09. The lowest BCUT2D eigenvalue weighted by molar-refractivity contribution is -0.144. The van der Waals surface area contributed by atoms with Gasteiger partial charge in [-0.2, -0.15) is 0 Å². The van der Waals surface area contributed by atoms with Crippen LogP contribution in [-0.2, 0) is 4.79 Å². The molecule has 1 N–H and O–H groups in total. The molecule has 25 heavy (non-hydrogen) atoms. The van der Waals surface area contributed by atoms with Crippen LogP contribution in [0.25, 0.3) is 0 Å². The number of hydrogen-bond donors (Lipinski definition) is 1. The molecule has 0 amide bonds. The van der Waals surface area contributed by atoms with Crippen LogP contribution in [0.5, 0.6) is 5.75 Å². The van der Waals surface area contributed by atoms with Crippen LogP contribution in [0.2, 0.25) is 0 Å². The van der Waals surface area contributed by atoms with E-state index in [2.05, 4.69) is 30.7 Å². The van der Waals surface area contributed by atoms with E-state index in [1.54, 1.807) is 0 Å². The Kier molecular flexibility index (Phi) is 7.72. The summed E-state index contributed by atoms with van der Waals surface area (Å²) in [5.74, 6) is 0.0322. The van der Waals surface area contributed by atoms with Crippen molar-refractivity contribution in [2.45, 2.75) is 51.6 Å². The fraction of sp³-hybridized carbons (Fsp3) is 0.650. The first-order valence-corrected chi connectivity index (χ1v) is 9.46. The van der Waals surface area contributed by atoms with Crippen LogP contribution >= 0.6 is 0 Å². The second kappa shape index (κ2) is 9.78. The number of carbonyl (C=O) groups is 1. The average molecular weight is 348 g/mol. The second-order valence-corrected chi connectivity index (χ2v) is 6.90. The first-order valence-electron chi connectivity index (χ1n) is 9.46. The molecule has 0 aromatic heterocycles. The molecule has 5 heteroatoms. The van der Waals surface area contributed by atoms with Gasteiger partial charge in [0.15, 0.2) is 0 Å². The van der Waals surface area contributed by atoms with Crippen LogP contribution in [-0.4, -0.2) is 60.2 Å². The van der Waals surface area contributed by atoms with Crippen molar-refractivity contribution in [3.63, 3.8) is 0 Å². The van der Waals surface area contributed by atoms with Gasteiger partial charge in [-0.15, -0.1) is 0 Å². The monoisotopic (exact) mass is 348 g/mol. The van der Waals surface area contributed by atoms with Crippen molar-refractivity contribution >= 4 is 5.97 Å². The minimum absolute atomic E-state index is 0.414. The number of carboxylic acids is 1. The van der Waals surface area contributed by atoms with Crippen molar-refractivity contribution in [2.75, 3.05) is 33.3 Å². The summed E-state index contributed by atoms with van der Waals surface area (Å²) >= 11 is 0. The number of rotatable bonds is 9. The van der Waals surface area contributed by atoms with Crippen molar-refractivity contribution in [2.24, 2.45) is 0 Å². The Morgan fingerprint density at radius 1 is 1.24 bits per heavy atom. The molecule has 2 unspecified atom stereocenters. The standard InChI is InChI=1S/C20H32N2O3/c1-4-6-7-14-25-18-10-8-16(9-11-18)19(20(23)24)22-13-12-21(3)17(5-2)15-22/h8-11,17,19H,4-7,12-15H2,1-3H3,(H,23,24). The van der Waals surface area contributed by atoms with Crippen molar-refractivity contribution in [1.29, 1.82) is 0 Å². The highest BCUT2D eigenvalue weighted by atomic mass is 16.5. The molecular weight excluding hydrogens is 316 g/mol. The van der Waals surface area contributed by atoms with Crippen molar-refractivity contribution in [3.8, 4) is 5.75 Å². The Hall–Kier alpha value is -1.59. The molecule has 0 bridgehead atoms. The molecule has 0 aliphatic carbocycles. The number of piperazine rings is 1. The van der Waals surface area contributed by atoms with Gasteiger partial charge in [-0.25, -0.2) is 0 Å². The maximum absolute atomic E-state index is 11.9. The van der Waals surface area contributed by atoms with Gasteiger partial charge in [-0.1, -0.05) is 38.8 Å². The molecule has 1 aromatic carbocycles. The molecule has 140 valence electrons. The van der Waals surface area contributed by atoms with Crippen molar-refractivity contribution < 1.29 is 14.6 Å². The molecule has 0 spiro atoms. The highest BCUT2D eigenvalue weighted by Gasteiger charge is 2.32. The number of ether oxygens (including phenoxy) is 1. The Bertz CT molecular complexity index is 532. The van der Waals surface area contributed by atoms with Gasteiger partial charge in [-0.3, -0.25) is 9.69 Å². The van der Waals surface area contributed by atoms with Gasteiger partial charge in [0.05, 0.1) is 6.61 Å². The number of benzene rings is 1. The third kappa shape index (κ3) is 5.44. The lowest BCUT2D eigenvalue weighted by atomic mass is 10.0. The Labute approximate surface area is 151 Å². The van der Waals surface area contributed by atoms with Crippen LogP contribution in [0.4, 0.5) is 0 Å². The SMILES string of the molecule is CCCCCOc1ccc(C(C(=O)O)N2CCN(C)C(CC)C2)cc1.